The van der Waals surface area contributed by atoms with Crippen LogP contribution in [0.3, 0.4) is 0 Å². The molecule has 21 heavy (non-hydrogen) atoms. The van der Waals surface area contributed by atoms with Gasteiger partial charge in [0.25, 0.3) is 11.6 Å². The van der Waals surface area contributed by atoms with Gasteiger partial charge in [0.05, 0.1) is 35.4 Å². The number of halogens is 1. The zero-order valence-electron chi connectivity index (χ0n) is 11.7. The van der Waals surface area contributed by atoms with E-state index in [1.165, 1.54) is 4.90 Å². The Kier molecular flexibility index (Phi) is 4.08. The molecule has 114 valence electrons. The molecule has 1 aromatic carbocycles. The van der Waals surface area contributed by atoms with Crippen molar-refractivity contribution >= 4 is 17.3 Å². The van der Waals surface area contributed by atoms with Crippen molar-refractivity contribution in [2.24, 2.45) is 0 Å². The largest absolute Gasteiger partial charge is 0.396 e. The molecule has 8 heteroatoms. The van der Waals surface area contributed by atoms with E-state index in [1.807, 2.05) is 0 Å². The Morgan fingerprint density at radius 2 is 2.19 bits per heavy atom. The van der Waals surface area contributed by atoms with Crippen LogP contribution in [0.15, 0.2) is 12.1 Å². The van der Waals surface area contributed by atoms with Crippen LogP contribution < -0.4 is 5.73 Å². The first-order valence-electron chi connectivity index (χ1n) is 6.47. The normalized spacial score (nSPS) is 22.1. The zero-order chi connectivity index (χ0) is 15.7. The highest BCUT2D eigenvalue weighted by Gasteiger charge is 2.32. The van der Waals surface area contributed by atoms with Gasteiger partial charge in [-0.3, -0.25) is 14.9 Å². The van der Waals surface area contributed by atoms with E-state index in [-0.39, 0.29) is 23.4 Å². The van der Waals surface area contributed by atoms with Gasteiger partial charge >= 0.3 is 0 Å². The van der Waals surface area contributed by atoms with Crippen LogP contribution in [0.5, 0.6) is 0 Å². The number of carbonyl (C=O) groups excluding carboxylic acids is 1. The minimum absolute atomic E-state index is 0.165. The SMILES string of the molecule is CC1CN(C(=O)c2cc(N)c(F)cc2[N+](=O)[O-])C(C)CO1. The predicted molar refractivity (Wildman–Crippen MR) is 73.4 cm³/mol. The average molecular weight is 297 g/mol. The molecule has 2 atom stereocenters. The number of rotatable bonds is 2. The summed E-state index contributed by atoms with van der Waals surface area (Å²) in [6.45, 7) is 4.24. The van der Waals surface area contributed by atoms with Gasteiger partial charge in [-0.1, -0.05) is 0 Å². The molecule has 1 fully saturated rings. The molecule has 2 unspecified atom stereocenters. The number of anilines is 1. The highest BCUT2D eigenvalue weighted by Crippen LogP contribution is 2.27. The molecule has 2 N–H and O–H groups in total. The summed E-state index contributed by atoms with van der Waals surface area (Å²) in [6.07, 6.45) is -0.165. The number of nitro groups is 1. The molecule has 0 aliphatic carbocycles. The summed E-state index contributed by atoms with van der Waals surface area (Å²) in [5, 5.41) is 11.0. The lowest BCUT2D eigenvalue weighted by atomic mass is 10.1. The topological polar surface area (TPSA) is 98.7 Å². The van der Waals surface area contributed by atoms with Crippen molar-refractivity contribution in [3.63, 3.8) is 0 Å². The number of benzene rings is 1. The number of carbonyl (C=O) groups is 1. The fourth-order valence-corrected chi connectivity index (χ4v) is 2.24. The lowest BCUT2D eigenvalue weighted by molar-refractivity contribution is -0.385. The second kappa shape index (κ2) is 5.65. The Morgan fingerprint density at radius 1 is 1.52 bits per heavy atom. The second-order valence-corrected chi connectivity index (χ2v) is 5.10. The number of nitrogens with two attached hydrogens (primary N) is 1. The van der Waals surface area contributed by atoms with E-state index in [0.717, 1.165) is 6.07 Å². The molecule has 0 saturated carbocycles. The highest BCUT2D eigenvalue weighted by molar-refractivity contribution is 5.99. The van der Waals surface area contributed by atoms with Gasteiger partial charge in [-0.2, -0.15) is 0 Å². The van der Waals surface area contributed by atoms with Crippen molar-refractivity contribution in [3.8, 4) is 0 Å². The van der Waals surface area contributed by atoms with E-state index in [2.05, 4.69) is 0 Å². The van der Waals surface area contributed by atoms with Gasteiger partial charge in [0.1, 0.15) is 5.56 Å². The van der Waals surface area contributed by atoms with Crippen LogP contribution in [-0.4, -0.2) is 41.0 Å². The van der Waals surface area contributed by atoms with Crippen LogP contribution in [0.1, 0.15) is 24.2 Å². The lowest BCUT2D eigenvalue weighted by Crippen LogP contribution is -2.50. The Morgan fingerprint density at radius 3 is 2.81 bits per heavy atom. The number of morpholine rings is 1. The van der Waals surface area contributed by atoms with Gasteiger partial charge in [-0.15, -0.1) is 0 Å². The summed E-state index contributed by atoms with van der Waals surface area (Å²) in [6, 6.07) is 1.47. The lowest BCUT2D eigenvalue weighted by Gasteiger charge is -2.36. The number of ether oxygens (including phenoxy) is 1. The van der Waals surface area contributed by atoms with E-state index >= 15 is 0 Å². The first-order chi connectivity index (χ1) is 9.81. The summed E-state index contributed by atoms with van der Waals surface area (Å²) in [7, 11) is 0. The van der Waals surface area contributed by atoms with Crippen molar-refractivity contribution < 1.29 is 18.8 Å². The molecule has 1 aromatic rings. The van der Waals surface area contributed by atoms with Crippen LogP contribution in [0, 0.1) is 15.9 Å². The van der Waals surface area contributed by atoms with Gasteiger partial charge in [0.15, 0.2) is 5.82 Å². The first kappa shape index (κ1) is 15.2. The van der Waals surface area contributed by atoms with Crippen molar-refractivity contribution in [1.29, 1.82) is 0 Å². The minimum Gasteiger partial charge on any atom is -0.396 e. The number of nitrogen functional groups attached to an aromatic ring is 1. The van der Waals surface area contributed by atoms with Gasteiger partial charge in [0.2, 0.25) is 0 Å². The standard InChI is InChI=1S/C13H16FN3O4/c1-7-6-21-8(2)5-16(7)13(18)9-3-11(15)10(14)4-12(9)17(19)20/h3-4,7-8H,5-6,15H2,1-2H3. The number of amides is 1. The molecule has 0 bridgehead atoms. The maximum Gasteiger partial charge on any atom is 0.285 e. The molecule has 1 aliphatic rings. The van der Waals surface area contributed by atoms with Crippen molar-refractivity contribution in [1.82, 2.24) is 4.90 Å². The van der Waals surface area contributed by atoms with E-state index in [4.69, 9.17) is 10.5 Å². The molecule has 0 spiro atoms. The number of hydrogen-bond donors (Lipinski definition) is 1. The minimum atomic E-state index is -0.915. The zero-order valence-corrected chi connectivity index (χ0v) is 11.7. The highest BCUT2D eigenvalue weighted by atomic mass is 19.1. The predicted octanol–water partition coefficient (Wildman–Crippen LogP) is 1.57. The average Bonchev–Trinajstić information content (AvgIpc) is 2.43. The van der Waals surface area contributed by atoms with Crippen LogP contribution in [0.2, 0.25) is 0 Å². The van der Waals surface area contributed by atoms with Gasteiger partial charge in [0, 0.05) is 6.54 Å². The Bertz CT molecular complexity index is 593. The molecule has 1 aliphatic heterocycles. The van der Waals surface area contributed by atoms with Crippen LogP contribution >= 0.6 is 0 Å². The first-order valence-corrected chi connectivity index (χ1v) is 6.47. The fraction of sp³-hybridized carbons (Fsp3) is 0.462. The van der Waals surface area contributed by atoms with Crippen LogP contribution in [-0.2, 0) is 4.74 Å². The maximum absolute atomic E-state index is 13.4. The summed E-state index contributed by atoms with van der Waals surface area (Å²) < 4.78 is 18.8. The van der Waals surface area contributed by atoms with E-state index < -0.39 is 22.3 Å². The molecule has 0 aromatic heterocycles. The molecular weight excluding hydrogens is 281 g/mol. The van der Waals surface area contributed by atoms with E-state index in [9.17, 15) is 19.3 Å². The molecule has 1 amide bonds. The fourth-order valence-electron chi connectivity index (χ4n) is 2.24. The summed E-state index contributed by atoms with van der Waals surface area (Å²) in [4.78, 5) is 24.2. The van der Waals surface area contributed by atoms with Gasteiger partial charge in [-0.05, 0) is 19.9 Å². The summed E-state index contributed by atoms with van der Waals surface area (Å²) in [5.41, 5.74) is 4.34. The monoisotopic (exact) mass is 297 g/mol. The molecule has 1 saturated heterocycles. The second-order valence-electron chi connectivity index (χ2n) is 5.10. The number of nitro benzene ring substituents is 1. The van der Waals surface area contributed by atoms with Crippen molar-refractivity contribution in [3.05, 3.63) is 33.6 Å². The van der Waals surface area contributed by atoms with E-state index in [1.54, 1.807) is 13.8 Å². The maximum atomic E-state index is 13.4. The van der Waals surface area contributed by atoms with Crippen LogP contribution in [0.25, 0.3) is 0 Å². The van der Waals surface area contributed by atoms with Crippen molar-refractivity contribution in [2.45, 2.75) is 26.0 Å². The molecule has 7 nitrogen and oxygen atoms in total. The Balaban J connectivity index is 2.42. The third-order valence-corrected chi connectivity index (χ3v) is 3.41. The van der Waals surface area contributed by atoms with Crippen molar-refractivity contribution in [2.75, 3.05) is 18.9 Å². The molecule has 2 rings (SSSR count). The number of nitrogens with zero attached hydrogens (tertiary/aromatic N) is 2. The van der Waals surface area contributed by atoms with Gasteiger partial charge < -0.3 is 15.4 Å². The molecule has 0 radical (unpaired) electrons. The third-order valence-electron chi connectivity index (χ3n) is 3.41. The smallest absolute Gasteiger partial charge is 0.285 e. The molecule has 1 heterocycles. The number of hydrogen-bond acceptors (Lipinski definition) is 5. The third kappa shape index (κ3) is 2.94. The Labute approximate surface area is 120 Å². The Hall–Kier alpha value is -2.22. The van der Waals surface area contributed by atoms with Gasteiger partial charge in [-0.25, -0.2) is 4.39 Å². The quantitative estimate of drug-likeness (QED) is 0.507. The summed E-state index contributed by atoms with van der Waals surface area (Å²) in [5.74, 6) is -1.46. The summed E-state index contributed by atoms with van der Waals surface area (Å²) >= 11 is 0. The molecular formula is C13H16FN3O4. The van der Waals surface area contributed by atoms with Crippen LogP contribution in [0.4, 0.5) is 15.8 Å². The van der Waals surface area contributed by atoms with E-state index in [0.29, 0.717) is 19.2 Å².